The second-order valence-corrected chi connectivity index (χ2v) is 7.88. The van der Waals surface area contributed by atoms with E-state index in [2.05, 4.69) is 36.5 Å². The minimum absolute atomic E-state index is 0.326. The van der Waals surface area contributed by atoms with Gasteiger partial charge in [-0.3, -0.25) is 10.1 Å². The number of halogens is 1. The molecule has 0 saturated carbocycles. The average molecular weight is 413 g/mol. The zero-order chi connectivity index (χ0) is 20.8. The summed E-state index contributed by atoms with van der Waals surface area (Å²) in [6, 6.07) is 10.6. The highest BCUT2D eigenvalue weighted by Crippen LogP contribution is 2.33. The van der Waals surface area contributed by atoms with Crippen molar-refractivity contribution in [2.24, 2.45) is 0 Å². The number of H-pyrrole nitrogens is 2. The van der Waals surface area contributed by atoms with Gasteiger partial charge in [-0.2, -0.15) is 5.10 Å². The van der Waals surface area contributed by atoms with E-state index >= 15 is 0 Å². The van der Waals surface area contributed by atoms with Crippen LogP contribution in [-0.4, -0.2) is 43.2 Å². The van der Waals surface area contributed by atoms with Crippen LogP contribution in [0.15, 0.2) is 48.8 Å². The molecule has 1 aliphatic heterocycles. The van der Waals surface area contributed by atoms with Gasteiger partial charge in [-0.05, 0) is 61.7 Å². The number of benzene rings is 1. The number of hydrogen-bond donors (Lipinski definition) is 3. The van der Waals surface area contributed by atoms with Crippen LogP contribution in [0.1, 0.15) is 24.3 Å². The molecule has 5 heterocycles. The van der Waals surface area contributed by atoms with Crippen molar-refractivity contribution in [1.82, 2.24) is 35.5 Å². The highest BCUT2D eigenvalue weighted by atomic mass is 19.1. The molecule has 3 N–H and O–H groups in total. The number of hydrogen-bond acceptors (Lipinski definition) is 5. The van der Waals surface area contributed by atoms with Crippen molar-refractivity contribution < 1.29 is 4.39 Å². The Morgan fingerprint density at radius 2 is 1.87 bits per heavy atom. The molecule has 1 aliphatic rings. The normalized spacial score (nSPS) is 15.1. The van der Waals surface area contributed by atoms with E-state index in [1.54, 1.807) is 24.4 Å². The molecule has 154 valence electrons. The van der Waals surface area contributed by atoms with E-state index in [0.29, 0.717) is 34.2 Å². The van der Waals surface area contributed by atoms with Crippen LogP contribution in [0.25, 0.3) is 44.8 Å². The molecule has 31 heavy (non-hydrogen) atoms. The molecule has 8 heteroatoms. The van der Waals surface area contributed by atoms with Gasteiger partial charge in [0, 0.05) is 18.0 Å². The summed E-state index contributed by atoms with van der Waals surface area (Å²) in [5.74, 6) is 0.776. The van der Waals surface area contributed by atoms with E-state index in [0.717, 1.165) is 42.5 Å². The van der Waals surface area contributed by atoms with Crippen molar-refractivity contribution in [3.8, 4) is 22.8 Å². The zero-order valence-corrected chi connectivity index (χ0v) is 16.7. The molecular formula is C23H20FN7. The van der Waals surface area contributed by atoms with Crippen LogP contribution in [0.2, 0.25) is 0 Å². The zero-order valence-electron chi connectivity index (χ0n) is 16.7. The van der Waals surface area contributed by atoms with Crippen LogP contribution in [0.3, 0.4) is 0 Å². The molecule has 0 aliphatic carbocycles. The first-order valence-corrected chi connectivity index (χ1v) is 10.4. The van der Waals surface area contributed by atoms with E-state index in [1.807, 2.05) is 12.3 Å². The SMILES string of the molecule is Fc1ccccc1-c1nccc2[nH]c(-c3n[nH]c4ncc(C5CCNCC5)cc34)nc12. The van der Waals surface area contributed by atoms with Crippen LogP contribution in [-0.2, 0) is 0 Å². The number of aromatic nitrogens is 6. The van der Waals surface area contributed by atoms with Crippen molar-refractivity contribution in [3.63, 3.8) is 0 Å². The maximum Gasteiger partial charge on any atom is 0.159 e. The molecule has 0 spiro atoms. The van der Waals surface area contributed by atoms with Gasteiger partial charge in [0.25, 0.3) is 0 Å². The van der Waals surface area contributed by atoms with Gasteiger partial charge in [0.15, 0.2) is 11.5 Å². The summed E-state index contributed by atoms with van der Waals surface area (Å²) < 4.78 is 14.4. The number of piperidine rings is 1. The fourth-order valence-corrected chi connectivity index (χ4v) is 4.38. The minimum Gasteiger partial charge on any atom is -0.336 e. The van der Waals surface area contributed by atoms with Gasteiger partial charge in [-0.25, -0.2) is 14.4 Å². The van der Waals surface area contributed by atoms with Crippen LogP contribution in [0.4, 0.5) is 4.39 Å². The van der Waals surface area contributed by atoms with E-state index in [-0.39, 0.29) is 5.82 Å². The van der Waals surface area contributed by atoms with Gasteiger partial charge in [0.1, 0.15) is 22.7 Å². The summed E-state index contributed by atoms with van der Waals surface area (Å²) in [6.45, 7) is 2.05. The number of aromatic amines is 2. The Labute approximate surface area is 177 Å². The van der Waals surface area contributed by atoms with Gasteiger partial charge in [-0.15, -0.1) is 0 Å². The van der Waals surface area contributed by atoms with Crippen molar-refractivity contribution in [1.29, 1.82) is 0 Å². The third-order valence-corrected chi connectivity index (χ3v) is 6.00. The van der Waals surface area contributed by atoms with E-state index < -0.39 is 0 Å². The van der Waals surface area contributed by atoms with Crippen molar-refractivity contribution in [2.45, 2.75) is 18.8 Å². The Bertz CT molecular complexity index is 1400. The third kappa shape index (κ3) is 3.07. The first kappa shape index (κ1) is 18.1. The van der Waals surface area contributed by atoms with E-state index in [4.69, 9.17) is 4.98 Å². The fourth-order valence-electron chi connectivity index (χ4n) is 4.38. The standard InChI is InChI=1S/C23H20FN7/c24-17-4-2-1-3-15(17)19-21-18(7-10-26-19)28-23(29-21)20-16-11-14(12-27-22(16)31-30-20)13-5-8-25-9-6-13/h1-4,7,10-13,25H,5-6,8-9H2,(H,28,29)(H,27,30,31). The van der Waals surface area contributed by atoms with Crippen molar-refractivity contribution >= 4 is 22.1 Å². The monoisotopic (exact) mass is 413 g/mol. The molecule has 0 amide bonds. The van der Waals surface area contributed by atoms with Crippen molar-refractivity contribution in [3.05, 3.63) is 60.2 Å². The molecule has 0 unspecified atom stereocenters. The van der Waals surface area contributed by atoms with Gasteiger partial charge in [0.05, 0.1) is 10.9 Å². The summed E-state index contributed by atoms with van der Waals surface area (Å²) >= 11 is 0. The van der Waals surface area contributed by atoms with E-state index in [9.17, 15) is 4.39 Å². The highest BCUT2D eigenvalue weighted by molar-refractivity contribution is 5.95. The quantitative estimate of drug-likeness (QED) is 0.413. The predicted octanol–water partition coefficient (Wildman–Crippen LogP) is 4.17. The smallest absolute Gasteiger partial charge is 0.159 e. The van der Waals surface area contributed by atoms with Gasteiger partial charge in [0.2, 0.25) is 0 Å². The number of rotatable bonds is 3. The molecule has 6 rings (SSSR count). The lowest BCUT2D eigenvalue weighted by Gasteiger charge is -2.22. The molecule has 1 aromatic carbocycles. The third-order valence-electron chi connectivity index (χ3n) is 6.00. The lowest BCUT2D eigenvalue weighted by molar-refractivity contribution is 0.460. The Balaban J connectivity index is 1.48. The van der Waals surface area contributed by atoms with Crippen LogP contribution in [0, 0.1) is 5.82 Å². The Kier molecular flexibility index (Phi) is 4.24. The van der Waals surface area contributed by atoms with Gasteiger partial charge >= 0.3 is 0 Å². The number of nitrogens with one attached hydrogen (secondary N) is 3. The molecule has 0 atom stereocenters. The minimum atomic E-state index is -0.326. The molecule has 5 aromatic rings. The van der Waals surface area contributed by atoms with Crippen LogP contribution < -0.4 is 5.32 Å². The second kappa shape index (κ2) is 7.24. The first-order chi connectivity index (χ1) is 15.3. The van der Waals surface area contributed by atoms with Gasteiger partial charge in [-0.1, -0.05) is 12.1 Å². The number of fused-ring (bicyclic) bond motifs is 2. The Morgan fingerprint density at radius 1 is 1.00 bits per heavy atom. The lowest BCUT2D eigenvalue weighted by Crippen LogP contribution is -2.26. The van der Waals surface area contributed by atoms with Crippen LogP contribution in [0.5, 0.6) is 0 Å². The summed E-state index contributed by atoms with van der Waals surface area (Å²) in [6.07, 6.45) is 5.80. The highest BCUT2D eigenvalue weighted by Gasteiger charge is 2.20. The van der Waals surface area contributed by atoms with Crippen LogP contribution >= 0.6 is 0 Å². The lowest BCUT2D eigenvalue weighted by atomic mass is 9.91. The molecule has 0 bridgehead atoms. The summed E-state index contributed by atoms with van der Waals surface area (Å²) in [4.78, 5) is 17.1. The number of pyridine rings is 2. The average Bonchev–Trinajstić information content (AvgIpc) is 3.43. The maximum absolute atomic E-state index is 14.4. The molecule has 1 saturated heterocycles. The molecule has 4 aromatic heterocycles. The Hall–Kier alpha value is -3.65. The molecular weight excluding hydrogens is 393 g/mol. The second-order valence-electron chi connectivity index (χ2n) is 7.88. The molecule has 7 nitrogen and oxygen atoms in total. The topological polar surface area (TPSA) is 95.2 Å². The number of imidazole rings is 1. The van der Waals surface area contributed by atoms with E-state index in [1.165, 1.54) is 11.6 Å². The molecule has 1 fully saturated rings. The Morgan fingerprint density at radius 3 is 2.74 bits per heavy atom. The summed E-state index contributed by atoms with van der Waals surface area (Å²) in [7, 11) is 0. The number of nitrogens with zero attached hydrogens (tertiary/aromatic N) is 4. The summed E-state index contributed by atoms with van der Waals surface area (Å²) in [5.41, 5.74) is 4.97. The van der Waals surface area contributed by atoms with Crippen molar-refractivity contribution in [2.75, 3.05) is 13.1 Å². The predicted molar refractivity (Wildman–Crippen MR) is 117 cm³/mol. The largest absolute Gasteiger partial charge is 0.336 e. The summed E-state index contributed by atoms with van der Waals surface area (Å²) in [5, 5.41) is 11.8. The molecule has 0 radical (unpaired) electrons. The fraction of sp³-hybridized carbons (Fsp3) is 0.217. The van der Waals surface area contributed by atoms with Gasteiger partial charge < -0.3 is 10.3 Å². The first-order valence-electron chi connectivity index (χ1n) is 10.4. The maximum atomic E-state index is 14.4.